The Labute approximate surface area is 181 Å². The molecule has 2 rings (SSSR count). The molecule has 2 unspecified atom stereocenters. The normalized spacial score (nSPS) is 16.5. The van der Waals surface area contributed by atoms with Gasteiger partial charge >= 0.3 is 5.97 Å². The Bertz CT molecular complexity index is 755. The molecule has 0 aromatic heterocycles. The molecule has 9 heteroatoms. The number of hydrogen-bond acceptors (Lipinski definition) is 5. The second-order valence-corrected chi connectivity index (χ2v) is 7.78. The average molecular weight is 434 g/mol. The van der Waals surface area contributed by atoms with Gasteiger partial charge in [-0.3, -0.25) is 19.6 Å². The lowest BCUT2D eigenvalue weighted by atomic mass is 10.1. The molecule has 0 radical (unpaired) electrons. The quantitative estimate of drug-likeness (QED) is 0.225. The van der Waals surface area contributed by atoms with Crippen LogP contribution in [0.2, 0.25) is 0 Å². The summed E-state index contributed by atoms with van der Waals surface area (Å²) in [4.78, 5) is 49.5. The SMILES string of the molecule is O=C(CCCCCCC(=O)N1CCCC1C(=O)NC(Cc1ccccc1)C(=O)O)NO. The zero-order valence-corrected chi connectivity index (χ0v) is 17.6. The molecule has 1 heterocycles. The van der Waals surface area contributed by atoms with Crippen LogP contribution in [0.25, 0.3) is 0 Å². The van der Waals surface area contributed by atoms with Gasteiger partial charge in [-0.1, -0.05) is 43.2 Å². The first kappa shape index (κ1) is 24.3. The van der Waals surface area contributed by atoms with Gasteiger partial charge in [0.2, 0.25) is 17.7 Å². The highest BCUT2D eigenvalue weighted by molar-refractivity contribution is 5.91. The van der Waals surface area contributed by atoms with E-state index in [2.05, 4.69) is 5.32 Å². The summed E-state index contributed by atoms with van der Waals surface area (Å²) >= 11 is 0. The third kappa shape index (κ3) is 8.01. The lowest BCUT2D eigenvalue weighted by molar-refractivity contribution is -0.143. The van der Waals surface area contributed by atoms with Gasteiger partial charge in [-0.05, 0) is 31.2 Å². The number of rotatable bonds is 12. The summed E-state index contributed by atoms with van der Waals surface area (Å²) in [7, 11) is 0. The van der Waals surface area contributed by atoms with Crippen LogP contribution in [0.5, 0.6) is 0 Å². The number of likely N-dealkylation sites (tertiary alicyclic amines) is 1. The molecule has 0 spiro atoms. The first-order valence-corrected chi connectivity index (χ1v) is 10.7. The van der Waals surface area contributed by atoms with Gasteiger partial charge in [0.1, 0.15) is 12.1 Å². The van der Waals surface area contributed by atoms with Crippen molar-refractivity contribution in [2.75, 3.05) is 6.54 Å². The van der Waals surface area contributed by atoms with Crippen LogP contribution in [-0.2, 0) is 25.6 Å². The fourth-order valence-electron chi connectivity index (χ4n) is 3.77. The number of hydrogen-bond donors (Lipinski definition) is 4. The Morgan fingerprint density at radius 3 is 2.35 bits per heavy atom. The predicted octanol–water partition coefficient (Wildman–Crippen LogP) is 1.64. The van der Waals surface area contributed by atoms with Crippen molar-refractivity contribution in [1.29, 1.82) is 0 Å². The number of amides is 3. The summed E-state index contributed by atoms with van der Waals surface area (Å²) < 4.78 is 0. The molecule has 1 aliphatic heterocycles. The van der Waals surface area contributed by atoms with E-state index in [1.165, 1.54) is 0 Å². The van der Waals surface area contributed by atoms with E-state index in [9.17, 15) is 24.3 Å². The van der Waals surface area contributed by atoms with Crippen molar-refractivity contribution in [3.63, 3.8) is 0 Å². The van der Waals surface area contributed by atoms with Crippen molar-refractivity contribution in [1.82, 2.24) is 15.7 Å². The van der Waals surface area contributed by atoms with E-state index in [-0.39, 0.29) is 18.7 Å². The van der Waals surface area contributed by atoms with Crippen molar-refractivity contribution >= 4 is 23.7 Å². The summed E-state index contributed by atoms with van der Waals surface area (Å²) in [5.41, 5.74) is 2.40. The number of carboxylic acid groups (broad SMARTS) is 1. The second-order valence-electron chi connectivity index (χ2n) is 7.78. The number of carbonyl (C=O) groups excluding carboxylic acids is 3. The van der Waals surface area contributed by atoms with Crippen LogP contribution in [-0.4, -0.2) is 57.5 Å². The molecule has 3 amide bonds. The molecule has 9 nitrogen and oxygen atoms in total. The maximum absolute atomic E-state index is 12.7. The molecule has 1 fully saturated rings. The third-order valence-corrected chi connectivity index (χ3v) is 5.44. The highest BCUT2D eigenvalue weighted by Crippen LogP contribution is 2.20. The Balaban J connectivity index is 1.81. The summed E-state index contributed by atoms with van der Waals surface area (Å²) in [6.07, 6.45) is 4.77. The molecule has 0 saturated carbocycles. The van der Waals surface area contributed by atoms with Crippen LogP contribution in [0, 0.1) is 0 Å². The van der Waals surface area contributed by atoms with Crippen LogP contribution in [0.4, 0.5) is 0 Å². The summed E-state index contributed by atoms with van der Waals surface area (Å²) in [5.74, 6) is -2.07. The fraction of sp³-hybridized carbons (Fsp3) is 0.545. The Hall–Kier alpha value is -2.94. The molecule has 2 atom stereocenters. The van der Waals surface area contributed by atoms with Gasteiger partial charge < -0.3 is 15.3 Å². The lowest BCUT2D eigenvalue weighted by Gasteiger charge is -2.25. The minimum Gasteiger partial charge on any atom is -0.480 e. The second kappa shape index (κ2) is 12.7. The topological polar surface area (TPSA) is 136 Å². The molecule has 1 aromatic carbocycles. The number of hydroxylamine groups is 1. The zero-order valence-electron chi connectivity index (χ0n) is 17.6. The standard InChI is InChI=1S/C22H31N3O6/c26-19(24-31)12-6-1-2-7-13-20(27)25-14-8-11-18(25)21(28)23-17(22(29)30)15-16-9-4-3-5-10-16/h3-5,9-10,17-18,31H,1-2,6-8,11-15H2,(H,23,28)(H,24,26)(H,29,30). The minimum absolute atomic E-state index is 0.110. The molecule has 1 aromatic rings. The average Bonchev–Trinajstić information content (AvgIpc) is 3.26. The van der Waals surface area contributed by atoms with Crippen molar-refractivity contribution in [2.24, 2.45) is 0 Å². The van der Waals surface area contributed by atoms with Gasteiger partial charge in [0.05, 0.1) is 0 Å². The predicted molar refractivity (Wildman–Crippen MR) is 112 cm³/mol. The molecular formula is C22H31N3O6. The molecule has 31 heavy (non-hydrogen) atoms. The molecule has 0 bridgehead atoms. The van der Waals surface area contributed by atoms with E-state index in [0.29, 0.717) is 38.6 Å². The summed E-state index contributed by atoms with van der Waals surface area (Å²) in [5, 5.41) is 20.6. The molecule has 170 valence electrons. The van der Waals surface area contributed by atoms with E-state index in [0.717, 1.165) is 18.4 Å². The van der Waals surface area contributed by atoms with Gasteiger partial charge in [0.15, 0.2) is 0 Å². The number of carbonyl (C=O) groups is 4. The van der Waals surface area contributed by atoms with Crippen LogP contribution in [0.15, 0.2) is 30.3 Å². The molecular weight excluding hydrogens is 402 g/mol. The smallest absolute Gasteiger partial charge is 0.326 e. The number of unbranched alkanes of at least 4 members (excludes halogenated alkanes) is 3. The summed E-state index contributed by atoms with van der Waals surface area (Å²) in [6, 6.07) is 7.39. The molecule has 1 saturated heterocycles. The zero-order chi connectivity index (χ0) is 22.6. The Morgan fingerprint density at radius 1 is 1.03 bits per heavy atom. The van der Waals surface area contributed by atoms with Crippen molar-refractivity contribution in [3.05, 3.63) is 35.9 Å². The van der Waals surface area contributed by atoms with Crippen LogP contribution in [0.3, 0.4) is 0 Å². The van der Waals surface area contributed by atoms with Crippen LogP contribution in [0.1, 0.15) is 56.9 Å². The number of nitrogens with zero attached hydrogens (tertiary/aromatic N) is 1. The van der Waals surface area contributed by atoms with E-state index in [4.69, 9.17) is 5.21 Å². The third-order valence-electron chi connectivity index (χ3n) is 5.44. The highest BCUT2D eigenvalue weighted by Gasteiger charge is 2.35. The highest BCUT2D eigenvalue weighted by atomic mass is 16.5. The maximum Gasteiger partial charge on any atom is 0.326 e. The van der Waals surface area contributed by atoms with Gasteiger partial charge in [0.25, 0.3) is 0 Å². The molecule has 1 aliphatic rings. The lowest BCUT2D eigenvalue weighted by Crippen LogP contribution is -2.51. The molecule has 0 aliphatic carbocycles. The summed E-state index contributed by atoms with van der Waals surface area (Å²) in [6.45, 7) is 0.490. The van der Waals surface area contributed by atoms with E-state index in [1.807, 2.05) is 30.3 Å². The van der Waals surface area contributed by atoms with E-state index < -0.39 is 29.9 Å². The van der Waals surface area contributed by atoms with E-state index in [1.54, 1.807) is 10.4 Å². The Morgan fingerprint density at radius 2 is 1.71 bits per heavy atom. The van der Waals surface area contributed by atoms with Gasteiger partial charge in [-0.2, -0.15) is 0 Å². The van der Waals surface area contributed by atoms with E-state index >= 15 is 0 Å². The fourth-order valence-corrected chi connectivity index (χ4v) is 3.77. The van der Waals surface area contributed by atoms with Crippen molar-refractivity contribution in [2.45, 2.75) is 69.9 Å². The van der Waals surface area contributed by atoms with Crippen molar-refractivity contribution < 1.29 is 29.5 Å². The maximum atomic E-state index is 12.7. The first-order chi connectivity index (χ1) is 14.9. The van der Waals surface area contributed by atoms with Gasteiger partial charge in [-0.25, -0.2) is 10.3 Å². The molecule has 4 N–H and O–H groups in total. The minimum atomic E-state index is -1.11. The monoisotopic (exact) mass is 433 g/mol. The largest absolute Gasteiger partial charge is 0.480 e. The first-order valence-electron chi connectivity index (χ1n) is 10.7. The number of carboxylic acids is 1. The van der Waals surface area contributed by atoms with Crippen LogP contribution < -0.4 is 10.8 Å². The number of benzene rings is 1. The van der Waals surface area contributed by atoms with Gasteiger partial charge in [-0.15, -0.1) is 0 Å². The van der Waals surface area contributed by atoms with Gasteiger partial charge in [0, 0.05) is 25.8 Å². The number of aliphatic carboxylic acids is 1. The van der Waals surface area contributed by atoms with Crippen LogP contribution >= 0.6 is 0 Å². The Kier molecular flexibility index (Phi) is 9.96. The van der Waals surface area contributed by atoms with Crippen molar-refractivity contribution in [3.8, 4) is 0 Å². The number of nitrogens with one attached hydrogen (secondary N) is 2.